The third kappa shape index (κ3) is 2.52. The molecule has 0 aliphatic heterocycles. The van der Waals surface area contributed by atoms with E-state index in [9.17, 15) is 19.8 Å². The molecule has 2 N–H and O–H groups in total. The van der Waals surface area contributed by atoms with E-state index in [1.54, 1.807) is 6.92 Å². The molecule has 1 rings (SSSR count). The maximum absolute atomic E-state index is 11.5. The van der Waals surface area contributed by atoms with Gasteiger partial charge in [-0.1, -0.05) is 0 Å². The number of Topliss-reactive ketones (excluding diaryl/α,β-unsaturated/α-hetero) is 1. The van der Waals surface area contributed by atoms with E-state index in [0.717, 1.165) is 6.07 Å². The van der Waals surface area contributed by atoms with Gasteiger partial charge in [0.25, 0.3) is 5.78 Å². The predicted octanol–water partition coefficient (Wildman–Crippen LogP) is 1.61. The first kappa shape index (κ1) is 12.5. The van der Waals surface area contributed by atoms with Gasteiger partial charge in [-0.2, -0.15) is 0 Å². The average Bonchev–Trinajstić information content (AvgIpc) is 2.24. The van der Waals surface area contributed by atoms with Crippen molar-refractivity contribution < 1.29 is 24.5 Å². The van der Waals surface area contributed by atoms with Gasteiger partial charge in [0.1, 0.15) is 0 Å². The molecule has 0 radical (unpaired) electrons. The number of ether oxygens (including phenoxy) is 1. The van der Waals surface area contributed by atoms with Gasteiger partial charge >= 0.3 is 5.97 Å². The Bertz CT molecular complexity index is 418. The summed E-state index contributed by atoms with van der Waals surface area (Å²) >= 11 is 2.94. The number of ketones is 1. The van der Waals surface area contributed by atoms with Gasteiger partial charge in [0.2, 0.25) is 0 Å². The van der Waals surface area contributed by atoms with Gasteiger partial charge in [-0.3, -0.25) is 4.79 Å². The zero-order chi connectivity index (χ0) is 12.3. The molecule has 0 aromatic heterocycles. The quantitative estimate of drug-likeness (QED) is 0.382. The van der Waals surface area contributed by atoms with E-state index in [0.29, 0.717) is 0 Å². The minimum atomic E-state index is -1.00. The van der Waals surface area contributed by atoms with Crippen LogP contribution in [0.1, 0.15) is 17.3 Å². The number of hydrogen-bond acceptors (Lipinski definition) is 5. The van der Waals surface area contributed by atoms with Crippen molar-refractivity contribution in [1.82, 2.24) is 0 Å². The Morgan fingerprint density at radius 1 is 1.38 bits per heavy atom. The second-order valence-corrected chi connectivity index (χ2v) is 3.73. The van der Waals surface area contributed by atoms with Gasteiger partial charge in [0.05, 0.1) is 11.1 Å². The lowest BCUT2D eigenvalue weighted by atomic mass is 10.1. The number of phenolic OH excluding ortho intramolecular Hbond substituents is 2. The summed E-state index contributed by atoms with van der Waals surface area (Å²) in [5, 5.41) is 18.5. The summed E-state index contributed by atoms with van der Waals surface area (Å²) in [7, 11) is 0. The van der Waals surface area contributed by atoms with Crippen LogP contribution in [0.3, 0.4) is 0 Å². The molecule has 0 saturated heterocycles. The van der Waals surface area contributed by atoms with Crippen LogP contribution in [-0.4, -0.2) is 28.6 Å². The van der Waals surface area contributed by atoms with Gasteiger partial charge in [-0.15, -0.1) is 0 Å². The monoisotopic (exact) mass is 288 g/mol. The molecule has 16 heavy (non-hydrogen) atoms. The lowest BCUT2D eigenvalue weighted by Crippen LogP contribution is -2.17. The summed E-state index contributed by atoms with van der Waals surface area (Å²) in [6.45, 7) is 1.67. The third-order valence-corrected chi connectivity index (χ3v) is 2.37. The maximum Gasteiger partial charge on any atom is 0.379 e. The Balaban J connectivity index is 3.06. The van der Waals surface area contributed by atoms with Crippen LogP contribution in [0.4, 0.5) is 0 Å². The molecule has 0 atom stereocenters. The number of benzene rings is 1. The molecule has 0 unspecified atom stereocenters. The van der Waals surface area contributed by atoms with Gasteiger partial charge in [0, 0.05) is 5.56 Å². The van der Waals surface area contributed by atoms with E-state index in [1.807, 2.05) is 0 Å². The van der Waals surface area contributed by atoms with Gasteiger partial charge in [-0.05, 0) is 35.0 Å². The Kier molecular flexibility index (Phi) is 3.89. The lowest BCUT2D eigenvalue weighted by molar-refractivity contribution is -0.137. The molecule has 0 fully saturated rings. The largest absolute Gasteiger partial charge is 0.504 e. The molecule has 0 saturated carbocycles. The van der Waals surface area contributed by atoms with E-state index >= 15 is 0 Å². The zero-order valence-electron chi connectivity index (χ0n) is 8.36. The standard InChI is InChI=1S/C10H9BrO5/c1-2-16-10(15)8(13)5-3-6(11)9(14)7(12)4-5/h3-4,12,14H,2H2,1H3. The Morgan fingerprint density at radius 2 is 2.00 bits per heavy atom. The van der Waals surface area contributed by atoms with Crippen molar-refractivity contribution in [2.75, 3.05) is 6.61 Å². The zero-order valence-corrected chi connectivity index (χ0v) is 9.94. The minimum absolute atomic E-state index is 0.0550. The average molecular weight is 289 g/mol. The first-order valence-electron chi connectivity index (χ1n) is 4.40. The van der Waals surface area contributed by atoms with E-state index in [1.165, 1.54) is 6.07 Å². The summed E-state index contributed by atoms with van der Waals surface area (Å²) < 4.78 is 4.65. The fourth-order valence-electron chi connectivity index (χ4n) is 1.03. The van der Waals surface area contributed by atoms with Crippen LogP contribution < -0.4 is 0 Å². The first-order valence-corrected chi connectivity index (χ1v) is 5.19. The molecule has 0 spiro atoms. The summed E-state index contributed by atoms with van der Waals surface area (Å²) in [5.74, 6) is -2.75. The number of hydrogen-bond donors (Lipinski definition) is 2. The van der Waals surface area contributed by atoms with Crippen molar-refractivity contribution >= 4 is 27.7 Å². The van der Waals surface area contributed by atoms with Crippen LogP contribution >= 0.6 is 15.9 Å². The molecular weight excluding hydrogens is 280 g/mol. The summed E-state index contributed by atoms with van der Waals surface area (Å²) in [6.07, 6.45) is 0. The van der Waals surface area contributed by atoms with E-state index in [4.69, 9.17) is 0 Å². The molecule has 1 aromatic carbocycles. The van der Waals surface area contributed by atoms with E-state index < -0.39 is 17.5 Å². The van der Waals surface area contributed by atoms with Gasteiger partial charge < -0.3 is 14.9 Å². The smallest absolute Gasteiger partial charge is 0.379 e. The van der Waals surface area contributed by atoms with Crippen molar-refractivity contribution in [3.63, 3.8) is 0 Å². The van der Waals surface area contributed by atoms with Crippen molar-refractivity contribution in [1.29, 1.82) is 0 Å². The van der Waals surface area contributed by atoms with E-state index in [-0.39, 0.29) is 22.4 Å². The number of rotatable bonds is 3. The van der Waals surface area contributed by atoms with Crippen LogP contribution in [0.15, 0.2) is 16.6 Å². The fourth-order valence-corrected chi connectivity index (χ4v) is 1.48. The predicted molar refractivity (Wildman–Crippen MR) is 58.4 cm³/mol. The van der Waals surface area contributed by atoms with Crippen molar-refractivity contribution in [2.24, 2.45) is 0 Å². The van der Waals surface area contributed by atoms with Crippen molar-refractivity contribution in [2.45, 2.75) is 6.92 Å². The van der Waals surface area contributed by atoms with Crippen molar-refractivity contribution in [3.8, 4) is 11.5 Å². The maximum atomic E-state index is 11.5. The number of esters is 1. The van der Waals surface area contributed by atoms with E-state index in [2.05, 4.69) is 20.7 Å². The van der Waals surface area contributed by atoms with Crippen LogP contribution in [0.25, 0.3) is 0 Å². The molecule has 5 nitrogen and oxygen atoms in total. The Hall–Kier alpha value is -1.56. The molecule has 1 aromatic rings. The molecule has 86 valence electrons. The molecule has 0 aliphatic carbocycles. The summed E-state index contributed by atoms with van der Waals surface area (Å²) in [6, 6.07) is 2.23. The van der Waals surface area contributed by atoms with Gasteiger partial charge in [-0.25, -0.2) is 4.79 Å². The SMILES string of the molecule is CCOC(=O)C(=O)c1cc(O)c(O)c(Br)c1. The highest BCUT2D eigenvalue weighted by Crippen LogP contribution is 2.34. The second kappa shape index (κ2) is 4.98. The summed E-state index contributed by atoms with van der Waals surface area (Å²) in [4.78, 5) is 22.6. The highest BCUT2D eigenvalue weighted by molar-refractivity contribution is 9.10. The Labute approximate surface area is 99.8 Å². The van der Waals surface area contributed by atoms with Crippen LogP contribution in [0.2, 0.25) is 0 Å². The number of carbonyl (C=O) groups is 2. The number of phenols is 2. The van der Waals surface area contributed by atoms with Crippen LogP contribution in [0.5, 0.6) is 11.5 Å². The number of carbonyl (C=O) groups excluding carboxylic acids is 2. The van der Waals surface area contributed by atoms with Gasteiger partial charge in [0.15, 0.2) is 11.5 Å². The van der Waals surface area contributed by atoms with Crippen LogP contribution in [-0.2, 0) is 9.53 Å². The molecule has 0 bridgehead atoms. The number of aromatic hydroxyl groups is 2. The van der Waals surface area contributed by atoms with Crippen molar-refractivity contribution in [3.05, 3.63) is 22.2 Å². The van der Waals surface area contributed by atoms with Crippen LogP contribution in [0, 0.1) is 0 Å². The normalized spacial score (nSPS) is 9.88. The first-order chi connectivity index (χ1) is 7.47. The third-order valence-electron chi connectivity index (χ3n) is 1.77. The highest BCUT2D eigenvalue weighted by Gasteiger charge is 2.20. The molecular formula is C10H9BrO5. The lowest BCUT2D eigenvalue weighted by Gasteiger charge is -2.04. The molecule has 0 heterocycles. The number of halogens is 1. The molecule has 6 heteroatoms. The second-order valence-electron chi connectivity index (χ2n) is 2.88. The fraction of sp³-hybridized carbons (Fsp3) is 0.200. The topological polar surface area (TPSA) is 83.8 Å². The highest BCUT2D eigenvalue weighted by atomic mass is 79.9. The Morgan fingerprint density at radius 3 is 2.50 bits per heavy atom. The molecule has 0 amide bonds. The molecule has 0 aliphatic rings. The minimum Gasteiger partial charge on any atom is -0.504 e. The summed E-state index contributed by atoms with van der Waals surface area (Å²) in [5.41, 5.74) is -0.0550.